The molecule has 2 nitrogen and oxygen atoms in total. The van der Waals surface area contributed by atoms with Gasteiger partial charge in [-0.2, -0.15) is 0 Å². The first-order valence-corrected chi connectivity index (χ1v) is 5.36. The molecule has 1 aromatic rings. The van der Waals surface area contributed by atoms with Crippen LogP contribution in [0.25, 0.3) is 0 Å². The van der Waals surface area contributed by atoms with Crippen molar-refractivity contribution in [2.75, 3.05) is 18.5 Å². The zero-order chi connectivity index (χ0) is 10.7. The number of ether oxygens (including phenoxy) is 1. The lowest BCUT2D eigenvalue weighted by Gasteiger charge is -2.24. The standard InChI is InChI=1S/C12H16FNO/c1-9-2-3-11(13)12(8-9)14-10-4-6-15-7-5-10/h2-3,8,10,14H,4-7H2,1H3. The van der Waals surface area contributed by atoms with Crippen LogP contribution in [0.15, 0.2) is 18.2 Å². The molecule has 1 aliphatic rings. The second-order valence-electron chi connectivity index (χ2n) is 4.01. The molecule has 0 aromatic heterocycles. The third kappa shape index (κ3) is 2.69. The van der Waals surface area contributed by atoms with Gasteiger partial charge in [-0.05, 0) is 37.5 Å². The molecule has 0 atom stereocenters. The molecule has 82 valence electrons. The van der Waals surface area contributed by atoms with Gasteiger partial charge < -0.3 is 10.1 Å². The first-order chi connectivity index (χ1) is 7.25. The van der Waals surface area contributed by atoms with Crippen LogP contribution < -0.4 is 5.32 Å². The SMILES string of the molecule is Cc1ccc(F)c(NC2CCOCC2)c1. The molecule has 1 saturated heterocycles. The van der Waals surface area contributed by atoms with Crippen molar-refractivity contribution in [2.24, 2.45) is 0 Å². The Bertz CT molecular complexity index is 334. The fraction of sp³-hybridized carbons (Fsp3) is 0.500. The lowest BCUT2D eigenvalue weighted by molar-refractivity contribution is 0.0904. The van der Waals surface area contributed by atoms with E-state index in [1.165, 1.54) is 6.07 Å². The third-order valence-corrected chi connectivity index (χ3v) is 2.70. The summed E-state index contributed by atoms with van der Waals surface area (Å²) in [4.78, 5) is 0. The lowest BCUT2D eigenvalue weighted by atomic mass is 10.1. The van der Waals surface area contributed by atoms with Crippen LogP contribution in [0.1, 0.15) is 18.4 Å². The molecule has 1 N–H and O–H groups in total. The Labute approximate surface area is 89.4 Å². The summed E-state index contributed by atoms with van der Waals surface area (Å²) >= 11 is 0. The van der Waals surface area contributed by atoms with Crippen LogP contribution in [0.4, 0.5) is 10.1 Å². The Morgan fingerprint density at radius 1 is 1.33 bits per heavy atom. The first kappa shape index (κ1) is 10.4. The van der Waals surface area contributed by atoms with Crippen LogP contribution in [0.5, 0.6) is 0 Å². The average Bonchev–Trinajstić information content (AvgIpc) is 2.25. The van der Waals surface area contributed by atoms with Gasteiger partial charge in [0.25, 0.3) is 0 Å². The van der Waals surface area contributed by atoms with Crippen molar-refractivity contribution in [3.05, 3.63) is 29.6 Å². The molecule has 0 bridgehead atoms. The molecule has 0 amide bonds. The van der Waals surface area contributed by atoms with E-state index in [4.69, 9.17) is 4.74 Å². The molecule has 1 heterocycles. The number of aryl methyl sites for hydroxylation is 1. The van der Waals surface area contributed by atoms with Crippen molar-refractivity contribution < 1.29 is 9.13 Å². The van der Waals surface area contributed by atoms with E-state index >= 15 is 0 Å². The van der Waals surface area contributed by atoms with Gasteiger partial charge in [0.2, 0.25) is 0 Å². The zero-order valence-corrected chi connectivity index (χ0v) is 8.92. The van der Waals surface area contributed by atoms with E-state index in [0.717, 1.165) is 31.6 Å². The minimum absolute atomic E-state index is 0.174. The summed E-state index contributed by atoms with van der Waals surface area (Å²) in [5.74, 6) is -0.174. The summed E-state index contributed by atoms with van der Waals surface area (Å²) in [5, 5.41) is 3.23. The van der Waals surface area contributed by atoms with E-state index in [1.807, 2.05) is 13.0 Å². The Hall–Kier alpha value is -1.09. The van der Waals surface area contributed by atoms with E-state index in [2.05, 4.69) is 5.32 Å². The van der Waals surface area contributed by atoms with Gasteiger partial charge >= 0.3 is 0 Å². The summed E-state index contributed by atoms with van der Waals surface area (Å²) in [6.07, 6.45) is 1.90. The fourth-order valence-electron chi connectivity index (χ4n) is 1.81. The van der Waals surface area contributed by atoms with Crippen molar-refractivity contribution in [1.29, 1.82) is 0 Å². The third-order valence-electron chi connectivity index (χ3n) is 2.70. The molecule has 2 rings (SSSR count). The first-order valence-electron chi connectivity index (χ1n) is 5.36. The Morgan fingerprint density at radius 3 is 2.80 bits per heavy atom. The molecule has 0 saturated carbocycles. The van der Waals surface area contributed by atoms with Crippen LogP contribution in [-0.4, -0.2) is 19.3 Å². The second kappa shape index (κ2) is 4.62. The quantitative estimate of drug-likeness (QED) is 0.808. The molecule has 0 unspecified atom stereocenters. The summed E-state index contributed by atoms with van der Waals surface area (Å²) < 4.78 is 18.7. The largest absolute Gasteiger partial charge is 0.381 e. The highest BCUT2D eigenvalue weighted by molar-refractivity contribution is 5.47. The summed E-state index contributed by atoms with van der Waals surface area (Å²) in [5.41, 5.74) is 1.69. The fourth-order valence-corrected chi connectivity index (χ4v) is 1.81. The molecule has 1 aromatic carbocycles. The van der Waals surface area contributed by atoms with E-state index < -0.39 is 0 Å². The molecule has 3 heteroatoms. The molecule has 0 aliphatic carbocycles. The zero-order valence-electron chi connectivity index (χ0n) is 8.92. The highest BCUT2D eigenvalue weighted by Gasteiger charge is 2.14. The number of rotatable bonds is 2. The monoisotopic (exact) mass is 209 g/mol. The highest BCUT2D eigenvalue weighted by atomic mass is 19.1. The van der Waals surface area contributed by atoms with E-state index in [1.54, 1.807) is 6.07 Å². The van der Waals surface area contributed by atoms with Crippen LogP contribution in [0, 0.1) is 12.7 Å². The van der Waals surface area contributed by atoms with Crippen LogP contribution >= 0.6 is 0 Å². The smallest absolute Gasteiger partial charge is 0.146 e. The van der Waals surface area contributed by atoms with E-state index in [0.29, 0.717) is 11.7 Å². The van der Waals surface area contributed by atoms with Crippen LogP contribution in [-0.2, 0) is 4.74 Å². The molecule has 0 radical (unpaired) electrons. The maximum Gasteiger partial charge on any atom is 0.146 e. The number of anilines is 1. The predicted molar refractivity (Wildman–Crippen MR) is 58.6 cm³/mol. The number of nitrogens with one attached hydrogen (secondary N) is 1. The Kier molecular flexibility index (Phi) is 3.21. The van der Waals surface area contributed by atoms with Gasteiger partial charge in [0.1, 0.15) is 5.82 Å². The maximum atomic E-state index is 13.4. The van der Waals surface area contributed by atoms with Crippen molar-refractivity contribution in [1.82, 2.24) is 0 Å². The minimum atomic E-state index is -0.174. The van der Waals surface area contributed by atoms with Crippen molar-refractivity contribution >= 4 is 5.69 Å². The summed E-state index contributed by atoms with van der Waals surface area (Å²) in [6.45, 7) is 3.50. The van der Waals surface area contributed by atoms with Gasteiger partial charge in [0.05, 0.1) is 5.69 Å². The van der Waals surface area contributed by atoms with Gasteiger partial charge in [-0.25, -0.2) is 4.39 Å². The highest BCUT2D eigenvalue weighted by Crippen LogP contribution is 2.19. The maximum absolute atomic E-state index is 13.4. The molecule has 1 fully saturated rings. The molecular weight excluding hydrogens is 193 g/mol. The average molecular weight is 209 g/mol. The van der Waals surface area contributed by atoms with Crippen molar-refractivity contribution in [3.63, 3.8) is 0 Å². The topological polar surface area (TPSA) is 21.3 Å². The van der Waals surface area contributed by atoms with Gasteiger partial charge in [0, 0.05) is 19.3 Å². The molecule has 0 spiro atoms. The van der Waals surface area contributed by atoms with Gasteiger partial charge in [0.15, 0.2) is 0 Å². The summed E-state index contributed by atoms with van der Waals surface area (Å²) in [6, 6.07) is 5.49. The number of hydrogen-bond acceptors (Lipinski definition) is 2. The van der Waals surface area contributed by atoms with Crippen molar-refractivity contribution in [2.45, 2.75) is 25.8 Å². The second-order valence-corrected chi connectivity index (χ2v) is 4.01. The van der Waals surface area contributed by atoms with Crippen molar-refractivity contribution in [3.8, 4) is 0 Å². The van der Waals surface area contributed by atoms with E-state index in [9.17, 15) is 4.39 Å². The van der Waals surface area contributed by atoms with Crippen LogP contribution in [0.3, 0.4) is 0 Å². The van der Waals surface area contributed by atoms with Gasteiger partial charge in [-0.15, -0.1) is 0 Å². The molecule has 15 heavy (non-hydrogen) atoms. The van der Waals surface area contributed by atoms with Crippen LogP contribution in [0.2, 0.25) is 0 Å². The normalized spacial score (nSPS) is 17.7. The molecular formula is C12H16FNO. The molecule has 1 aliphatic heterocycles. The predicted octanol–water partition coefficient (Wildman–Crippen LogP) is 2.73. The Balaban J connectivity index is 2.05. The van der Waals surface area contributed by atoms with Gasteiger partial charge in [-0.3, -0.25) is 0 Å². The van der Waals surface area contributed by atoms with E-state index in [-0.39, 0.29) is 5.82 Å². The number of benzene rings is 1. The lowest BCUT2D eigenvalue weighted by Crippen LogP contribution is -2.28. The number of halogens is 1. The minimum Gasteiger partial charge on any atom is -0.381 e. The van der Waals surface area contributed by atoms with Gasteiger partial charge in [-0.1, -0.05) is 6.07 Å². The number of hydrogen-bond donors (Lipinski definition) is 1. The Morgan fingerprint density at radius 2 is 2.07 bits per heavy atom. The summed E-state index contributed by atoms with van der Waals surface area (Å²) in [7, 11) is 0.